The van der Waals surface area contributed by atoms with E-state index in [1.807, 2.05) is 0 Å². The molecule has 4 rings (SSSR count). The molecule has 2 atom stereocenters. The smallest absolute Gasteiger partial charge is 0.253 e. The molecule has 0 spiro atoms. The summed E-state index contributed by atoms with van der Waals surface area (Å²) in [4.78, 5) is 26.3. The fraction of sp³-hybridized carbons (Fsp3) is 0.474. The van der Waals surface area contributed by atoms with E-state index in [4.69, 9.17) is 17.3 Å². The highest BCUT2D eigenvalue weighted by Gasteiger charge is 2.40. The fourth-order valence-electron chi connectivity index (χ4n) is 4.14. The minimum atomic E-state index is -3.82. The Bertz CT molecular complexity index is 1110. The minimum Gasteiger partial charge on any atom is -0.365 e. The number of nitrogens with zero attached hydrogens (tertiary/aromatic N) is 1. The van der Waals surface area contributed by atoms with Crippen LogP contribution in [-0.2, 0) is 27.7 Å². The van der Waals surface area contributed by atoms with Gasteiger partial charge in [0, 0.05) is 11.4 Å². The second-order valence-corrected chi connectivity index (χ2v) is 12.7. The van der Waals surface area contributed by atoms with Crippen molar-refractivity contribution in [2.24, 2.45) is 11.7 Å². The first-order chi connectivity index (χ1) is 14.2. The van der Waals surface area contributed by atoms with Crippen LogP contribution in [0, 0.1) is 5.92 Å². The third kappa shape index (κ3) is 3.91. The number of primary amides is 1. The van der Waals surface area contributed by atoms with Crippen molar-refractivity contribution in [3.05, 3.63) is 32.5 Å². The van der Waals surface area contributed by atoms with Crippen LogP contribution in [0.3, 0.4) is 0 Å². The lowest BCUT2D eigenvalue weighted by atomic mass is 9.88. The molecular formula is C19H22ClN3O4S3. The molecule has 1 aliphatic heterocycles. The molecule has 2 aromatic rings. The first-order valence-electron chi connectivity index (χ1n) is 9.71. The Morgan fingerprint density at radius 3 is 2.70 bits per heavy atom. The van der Waals surface area contributed by atoms with Crippen molar-refractivity contribution >= 4 is 61.1 Å². The Hall–Kier alpha value is -1.46. The number of amides is 2. The lowest BCUT2D eigenvalue weighted by molar-refractivity contribution is -0.119. The zero-order valence-electron chi connectivity index (χ0n) is 16.3. The average Bonchev–Trinajstić information content (AvgIpc) is 3.38. The van der Waals surface area contributed by atoms with E-state index in [1.54, 1.807) is 0 Å². The number of sulfonamides is 1. The molecule has 1 saturated heterocycles. The number of rotatable bonds is 5. The van der Waals surface area contributed by atoms with E-state index in [0.717, 1.165) is 41.0 Å². The van der Waals surface area contributed by atoms with Crippen molar-refractivity contribution < 1.29 is 18.0 Å². The zero-order chi connectivity index (χ0) is 21.6. The number of nitrogens with two attached hydrogens (primary N) is 1. The third-order valence-electron chi connectivity index (χ3n) is 5.61. The van der Waals surface area contributed by atoms with Crippen molar-refractivity contribution in [3.63, 3.8) is 0 Å². The fourth-order valence-corrected chi connectivity index (χ4v) is 8.82. The van der Waals surface area contributed by atoms with Crippen LogP contribution < -0.4 is 11.1 Å². The van der Waals surface area contributed by atoms with E-state index in [2.05, 4.69) is 12.2 Å². The molecule has 162 valence electrons. The highest BCUT2D eigenvalue weighted by Crippen LogP contribution is 2.40. The van der Waals surface area contributed by atoms with Crippen LogP contribution in [0.4, 0.5) is 5.00 Å². The van der Waals surface area contributed by atoms with Gasteiger partial charge >= 0.3 is 0 Å². The van der Waals surface area contributed by atoms with Crippen LogP contribution in [0.25, 0.3) is 0 Å². The van der Waals surface area contributed by atoms with E-state index < -0.39 is 27.9 Å². The SMILES string of the molecule is CC1CCc2c(sc(NC(=O)C3CCCN3S(=O)(=O)c3ccc(Cl)s3)c2C(N)=O)C1. The van der Waals surface area contributed by atoms with Gasteiger partial charge in [0.05, 0.1) is 9.90 Å². The number of anilines is 1. The molecule has 2 aliphatic rings. The summed E-state index contributed by atoms with van der Waals surface area (Å²) in [7, 11) is -3.82. The Kier molecular flexibility index (Phi) is 5.97. The first-order valence-corrected chi connectivity index (χ1v) is 13.2. The normalized spacial score (nSPS) is 22.1. The van der Waals surface area contributed by atoms with Gasteiger partial charge in [-0.05, 0) is 55.7 Å². The second kappa shape index (κ2) is 8.23. The molecule has 30 heavy (non-hydrogen) atoms. The first kappa shape index (κ1) is 21.8. The van der Waals surface area contributed by atoms with E-state index in [0.29, 0.717) is 33.7 Å². The number of hydrogen-bond donors (Lipinski definition) is 2. The Labute approximate surface area is 188 Å². The molecule has 1 aliphatic carbocycles. The molecule has 11 heteroatoms. The summed E-state index contributed by atoms with van der Waals surface area (Å²) >= 11 is 8.24. The number of nitrogens with one attached hydrogen (secondary N) is 1. The summed E-state index contributed by atoms with van der Waals surface area (Å²) in [6.45, 7) is 2.42. The zero-order valence-corrected chi connectivity index (χ0v) is 19.5. The van der Waals surface area contributed by atoms with Crippen molar-refractivity contribution in [3.8, 4) is 0 Å². The third-order valence-corrected chi connectivity index (χ3v) is 10.4. The minimum absolute atomic E-state index is 0.116. The molecule has 0 aromatic carbocycles. The van der Waals surface area contributed by atoms with Gasteiger partial charge in [-0.25, -0.2) is 8.42 Å². The van der Waals surface area contributed by atoms with Crippen molar-refractivity contribution in [1.82, 2.24) is 4.31 Å². The Morgan fingerprint density at radius 2 is 2.03 bits per heavy atom. The van der Waals surface area contributed by atoms with E-state index in [9.17, 15) is 18.0 Å². The summed E-state index contributed by atoms with van der Waals surface area (Å²) in [5.41, 5.74) is 6.91. The van der Waals surface area contributed by atoms with Crippen LogP contribution in [0.5, 0.6) is 0 Å². The van der Waals surface area contributed by atoms with Crippen molar-refractivity contribution in [2.45, 2.75) is 49.3 Å². The molecule has 2 amide bonds. The van der Waals surface area contributed by atoms with Crippen LogP contribution in [0.2, 0.25) is 4.34 Å². The second-order valence-electron chi connectivity index (χ2n) is 7.74. The highest BCUT2D eigenvalue weighted by molar-refractivity contribution is 7.91. The predicted molar refractivity (Wildman–Crippen MR) is 119 cm³/mol. The molecule has 3 heterocycles. The molecule has 0 bridgehead atoms. The molecule has 1 fully saturated rings. The monoisotopic (exact) mass is 487 g/mol. The van der Waals surface area contributed by atoms with Gasteiger partial charge in [-0.1, -0.05) is 18.5 Å². The standard InChI is InChI=1S/C19H22ClN3O4S3/c1-10-4-5-11-13(9-10)28-19(16(11)17(21)24)22-18(25)12-3-2-8-23(12)30(26,27)15-7-6-14(20)29-15/h6-7,10,12H,2-5,8-9H2,1H3,(H2,21,24)(H,22,25). The van der Waals surface area contributed by atoms with Crippen LogP contribution >= 0.6 is 34.3 Å². The molecule has 0 radical (unpaired) electrons. The molecule has 2 unspecified atom stereocenters. The van der Waals surface area contributed by atoms with E-state index in [-0.39, 0.29) is 10.8 Å². The summed E-state index contributed by atoms with van der Waals surface area (Å²) in [6.07, 6.45) is 3.56. The summed E-state index contributed by atoms with van der Waals surface area (Å²) in [5, 5.41) is 3.24. The molecule has 2 aromatic heterocycles. The van der Waals surface area contributed by atoms with Gasteiger partial charge in [-0.3, -0.25) is 9.59 Å². The maximum absolute atomic E-state index is 13.1. The van der Waals surface area contributed by atoms with Gasteiger partial charge in [0.2, 0.25) is 5.91 Å². The number of carbonyl (C=O) groups excluding carboxylic acids is 2. The van der Waals surface area contributed by atoms with Gasteiger partial charge in [-0.2, -0.15) is 4.31 Å². The van der Waals surface area contributed by atoms with E-state index >= 15 is 0 Å². The number of thiophene rings is 2. The lowest BCUT2D eigenvalue weighted by Gasteiger charge is -2.22. The topological polar surface area (TPSA) is 110 Å². The van der Waals surface area contributed by atoms with Gasteiger partial charge in [0.1, 0.15) is 15.3 Å². The molecule has 3 N–H and O–H groups in total. The Morgan fingerprint density at radius 1 is 1.27 bits per heavy atom. The number of carbonyl (C=O) groups is 2. The largest absolute Gasteiger partial charge is 0.365 e. The molecular weight excluding hydrogens is 466 g/mol. The highest BCUT2D eigenvalue weighted by atomic mass is 35.5. The van der Waals surface area contributed by atoms with Crippen LogP contribution in [0.1, 0.15) is 47.0 Å². The van der Waals surface area contributed by atoms with E-state index in [1.165, 1.54) is 27.8 Å². The van der Waals surface area contributed by atoms with Gasteiger partial charge in [0.25, 0.3) is 15.9 Å². The van der Waals surface area contributed by atoms with Gasteiger partial charge < -0.3 is 11.1 Å². The maximum Gasteiger partial charge on any atom is 0.253 e. The van der Waals surface area contributed by atoms with Gasteiger partial charge in [0.15, 0.2) is 0 Å². The number of hydrogen-bond acceptors (Lipinski definition) is 6. The molecule has 7 nitrogen and oxygen atoms in total. The van der Waals surface area contributed by atoms with Crippen molar-refractivity contribution in [2.75, 3.05) is 11.9 Å². The quantitative estimate of drug-likeness (QED) is 0.672. The average molecular weight is 488 g/mol. The van der Waals surface area contributed by atoms with Crippen molar-refractivity contribution in [1.29, 1.82) is 0 Å². The maximum atomic E-state index is 13.1. The van der Waals surface area contributed by atoms with Crippen LogP contribution in [0.15, 0.2) is 16.3 Å². The molecule has 0 saturated carbocycles. The number of halogens is 1. The summed E-state index contributed by atoms with van der Waals surface area (Å²) in [6, 6.07) is 2.14. The van der Waals surface area contributed by atoms with Crippen LogP contribution in [-0.4, -0.2) is 37.1 Å². The lowest BCUT2D eigenvalue weighted by Crippen LogP contribution is -2.43. The number of fused-ring (bicyclic) bond motifs is 1. The summed E-state index contributed by atoms with van der Waals surface area (Å²) in [5.74, 6) is -0.497. The summed E-state index contributed by atoms with van der Waals surface area (Å²) < 4.78 is 27.7. The van der Waals surface area contributed by atoms with Gasteiger partial charge in [-0.15, -0.1) is 22.7 Å². The Balaban J connectivity index is 1.60. The predicted octanol–water partition coefficient (Wildman–Crippen LogP) is 3.48.